The van der Waals surface area contributed by atoms with E-state index in [4.69, 9.17) is 4.74 Å². The molecule has 0 saturated heterocycles. The van der Waals surface area contributed by atoms with Crippen LogP contribution >= 0.6 is 11.8 Å². The van der Waals surface area contributed by atoms with Crippen LogP contribution in [0.3, 0.4) is 0 Å². The Kier molecular flexibility index (Phi) is 7.13. The minimum atomic E-state index is -0.216. The highest BCUT2D eigenvalue weighted by molar-refractivity contribution is 7.98. The van der Waals surface area contributed by atoms with Gasteiger partial charge in [-0.25, -0.2) is 4.39 Å². The molecule has 4 heteroatoms. The average Bonchev–Trinajstić information content (AvgIpc) is 2.34. The van der Waals surface area contributed by atoms with Crippen LogP contribution in [0.2, 0.25) is 0 Å². The lowest BCUT2D eigenvalue weighted by Gasteiger charge is -2.13. The first-order valence-corrected chi connectivity index (χ1v) is 7.66. The molecule has 0 aliphatic rings. The van der Waals surface area contributed by atoms with Gasteiger partial charge < -0.3 is 10.1 Å². The van der Waals surface area contributed by atoms with Crippen LogP contribution in [0.25, 0.3) is 0 Å². The molecule has 2 nitrogen and oxygen atoms in total. The second kappa shape index (κ2) is 8.38. The molecule has 1 aromatic rings. The molecule has 0 saturated carbocycles. The molecular formula is C14H22FNOS. The molecule has 0 bridgehead atoms. The average molecular weight is 271 g/mol. The lowest BCUT2D eigenvalue weighted by atomic mass is 10.2. The number of halogens is 1. The van der Waals surface area contributed by atoms with Gasteiger partial charge in [-0.2, -0.15) is 11.8 Å². The smallest absolute Gasteiger partial charge is 0.123 e. The molecule has 0 fully saturated rings. The molecule has 18 heavy (non-hydrogen) atoms. The minimum absolute atomic E-state index is 0.216. The zero-order valence-electron chi connectivity index (χ0n) is 11.3. The van der Waals surface area contributed by atoms with E-state index in [0.717, 1.165) is 23.5 Å². The summed E-state index contributed by atoms with van der Waals surface area (Å²) in [5.41, 5.74) is 0.882. The van der Waals surface area contributed by atoms with Crippen LogP contribution in [-0.2, 0) is 6.54 Å². The molecular weight excluding hydrogens is 249 g/mol. The number of hydrogen-bond acceptors (Lipinski definition) is 3. The Labute approximate surface area is 113 Å². The van der Waals surface area contributed by atoms with Crippen molar-refractivity contribution in [2.75, 3.05) is 18.6 Å². The number of nitrogens with one attached hydrogen (secondary N) is 1. The summed E-state index contributed by atoms with van der Waals surface area (Å²) in [7, 11) is 0. The second-order valence-corrected chi connectivity index (χ2v) is 5.47. The van der Waals surface area contributed by atoms with Crippen molar-refractivity contribution in [1.82, 2.24) is 5.32 Å². The molecule has 0 aliphatic heterocycles. The number of ether oxygens (including phenoxy) is 1. The van der Waals surface area contributed by atoms with Gasteiger partial charge in [-0.3, -0.25) is 0 Å². The van der Waals surface area contributed by atoms with Gasteiger partial charge in [0, 0.05) is 18.2 Å². The molecule has 0 heterocycles. The van der Waals surface area contributed by atoms with Crippen molar-refractivity contribution in [3.05, 3.63) is 29.6 Å². The SMILES string of the molecule is CSCCCOc1ccc(F)cc1CNC(C)C. The van der Waals surface area contributed by atoms with Crippen LogP contribution in [0.5, 0.6) is 5.75 Å². The first-order chi connectivity index (χ1) is 8.63. The van der Waals surface area contributed by atoms with E-state index in [9.17, 15) is 4.39 Å². The van der Waals surface area contributed by atoms with Gasteiger partial charge in [0.05, 0.1) is 6.61 Å². The fourth-order valence-electron chi connectivity index (χ4n) is 1.53. The van der Waals surface area contributed by atoms with Gasteiger partial charge in [-0.15, -0.1) is 0 Å². The third-order valence-electron chi connectivity index (χ3n) is 2.47. The van der Waals surface area contributed by atoms with E-state index in [-0.39, 0.29) is 5.82 Å². The monoisotopic (exact) mass is 271 g/mol. The van der Waals surface area contributed by atoms with Gasteiger partial charge in [-0.1, -0.05) is 13.8 Å². The van der Waals surface area contributed by atoms with Crippen LogP contribution in [0.15, 0.2) is 18.2 Å². The van der Waals surface area contributed by atoms with Crippen molar-refractivity contribution < 1.29 is 9.13 Å². The van der Waals surface area contributed by atoms with Crippen molar-refractivity contribution in [2.45, 2.75) is 32.9 Å². The third-order valence-corrected chi connectivity index (χ3v) is 3.17. The number of benzene rings is 1. The Morgan fingerprint density at radius 3 is 2.83 bits per heavy atom. The fraction of sp³-hybridized carbons (Fsp3) is 0.571. The van der Waals surface area contributed by atoms with E-state index >= 15 is 0 Å². The first kappa shape index (κ1) is 15.3. The Morgan fingerprint density at radius 2 is 2.17 bits per heavy atom. The topological polar surface area (TPSA) is 21.3 Å². The van der Waals surface area contributed by atoms with Gasteiger partial charge in [0.25, 0.3) is 0 Å². The first-order valence-electron chi connectivity index (χ1n) is 6.27. The molecule has 0 aromatic heterocycles. The predicted molar refractivity (Wildman–Crippen MR) is 76.9 cm³/mol. The predicted octanol–water partition coefficient (Wildman–Crippen LogP) is 3.46. The highest BCUT2D eigenvalue weighted by Crippen LogP contribution is 2.20. The Bertz CT molecular complexity index is 358. The van der Waals surface area contributed by atoms with Gasteiger partial charge in [0.2, 0.25) is 0 Å². The molecule has 0 radical (unpaired) electrons. The Balaban J connectivity index is 2.58. The highest BCUT2D eigenvalue weighted by atomic mass is 32.2. The molecule has 0 unspecified atom stereocenters. The normalized spacial score (nSPS) is 10.9. The maximum atomic E-state index is 13.2. The summed E-state index contributed by atoms with van der Waals surface area (Å²) in [5, 5.41) is 3.28. The number of rotatable bonds is 8. The number of hydrogen-bond donors (Lipinski definition) is 1. The van der Waals surface area contributed by atoms with Gasteiger partial charge in [0.1, 0.15) is 11.6 Å². The van der Waals surface area contributed by atoms with Crippen LogP contribution < -0.4 is 10.1 Å². The summed E-state index contributed by atoms with van der Waals surface area (Å²) in [6.07, 6.45) is 3.09. The van der Waals surface area contributed by atoms with Crippen molar-refractivity contribution in [2.24, 2.45) is 0 Å². The lowest BCUT2D eigenvalue weighted by molar-refractivity contribution is 0.313. The Hall–Kier alpha value is -0.740. The van der Waals surface area contributed by atoms with Crippen molar-refractivity contribution in [1.29, 1.82) is 0 Å². The number of thioether (sulfide) groups is 1. The largest absolute Gasteiger partial charge is 0.493 e. The summed E-state index contributed by atoms with van der Waals surface area (Å²) < 4.78 is 18.9. The maximum Gasteiger partial charge on any atom is 0.123 e. The molecule has 102 valence electrons. The van der Waals surface area contributed by atoms with Crippen molar-refractivity contribution >= 4 is 11.8 Å². The third kappa shape index (κ3) is 5.74. The fourth-order valence-corrected chi connectivity index (χ4v) is 1.93. The van der Waals surface area contributed by atoms with Crippen LogP contribution in [-0.4, -0.2) is 24.7 Å². The summed E-state index contributed by atoms with van der Waals surface area (Å²) in [4.78, 5) is 0. The molecule has 0 aliphatic carbocycles. The van der Waals surface area contributed by atoms with Crippen LogP contribution in [0, 0.1) is 5.82 Å². The van der Waals surface area contributed by atoms with Crippen molar-refractivity contribution in [3.8, 4) is 5.75 Å². The zero-order valence-corrected chi connectivity index (χ0v) is 12.1. The highest BCUT2D eigenvalue weighted by Gasteiger charge is 2.06. The van der Waals surface area contributed by atoms with Gasteiger partial charge >= 0.3 is 0 Å². The molecule has 0 atom stereocenters. The Morgan fingerprint density at radius 1 is 1.39 bits per heavy atom. The van der Waals surface area contributed by atoms with E-state index in [1.165, 1.54) is 6.07 Å². The molecule has 0 spiro atoms. The summed E-state index contributed by atoms with van der Waals surface area (Å²) in [5.74, 6) is 1.65. The second-order valence-electron chi connectivity index (χ2n) is 4.48. The van der Waals surface area contributed by atoms with E-state index in [1.807, 2.05) is 0 Å². The quantitative estimate of drug-likeness (QED) is 0.732. The minimum Gasteiger partial charge on any atom is -0.493 e. The summed E-state index contributed by atoms with van der Waals surface area (Å²) >= 11 is 1.81. The zero-order chi connectivity index (χ0) is 13.4. The molecule has 1 aromatic carbocycles. The maximum absolute atomic E-state index is 13.2. The van der Waals surface area contributed by atoms with E-state index in [2.05, 4.69) is 25.4 Å². The summed E-state index contributed by atoms with van der Waals surface area (Å²) in [6.45, 7) is 5.45. The lowest BCUT2D eigenvalue weighted by Crippen LogP contribution is -2.22. The summed E-state index contributed by atoms with van der Waals surface area (Å²) in [6, 6.07) is 5.07. The molecule has 1 rings (SSSR count). The van der Waals surface area contributed by atoms with E-state index < -0.39 is 0 Å². The standard InChI is InChI=1S/C14H22FNOS/c1-11(2)16-10-12-9-13(15)5-6-14(12)17-7-4-8-18-3/h5-6,9,11,16H,4,7-8,10H2,1-3H3. The molecule has 1 N–H and O–H groups in total. The van der Waals surface area contributed by atoms with Crippen molar-refractivity contribution in [3.63, 3.8) is 0 Å². The molecule has 0 amide bonds. The van der Waals surface area contributed by atoms with E-state index in [0.29, 0.717) is 19.2 Å². The van der Waals surface area contributed by atoms with Gasteiger partial charge in [0.15, 0.2) is 0 Å². The van der Waals surface area contributed by atoms with E-state index in [1.54, 1.807) is 23.9 Å². The van der Waals surface area contributed by atoms with Gasteiger partial charge in [-0.05, 0) is 36.6 Å². The van der Waals surface area contributed by atoms with Crippen LogP contribution in [0.1, 0.15) is 25.8 Å². The van der Waals surface area contributed by atoms with Crippen LogP contribution in [0.4, 0.5) is 4.39 Å².